The summed E-state index contributed by atoms with van der Waals surface area (Å²) in [5.74, 6) is -0.406. The Morgan fingerprint density at radius 2 is 2.00 bits per heavy atom. The van der Waals surface area contributed by atoms with Gasteiger partial charge in [-0.15, -0.1) is 0 Å². The zero-order chi connectivity index (χ0) is 9.84. The maximum atomic E-state index is 10.9. The van der Waals surface area contributed by atoms with Crippen molar-refractivity contribution in [3.63, 3.8) is 0 Å². The van der Waals surface area contributed by atoms with Gasteiger partial charge in [-0.1, -0.05) is 12.1 Å². The van der Waals surface area contributed by atoms with E-state index in [0.717, 1.165) is 0 Å². The molecular formula is C9H11NO3. The quantitative estimate of drug-likeness (QED) is 0.715. The summed E-state index contributed by atoms with van der Waals surface area (Å²) in [5, 5.41) is 8.99. The zero-order valence-corrected chi connectivity index (χ0v) is 7.23. The van der Waals surface area contributed by atoms with Crippen molar-refractivity contribution < 1.29 is 14.6 Å². The van der Waals surface area contributed by atoms with Gasteiger partial charge in [-0.05, 0) is 17.7 Å². The third-order valence-corrected chi connectivity index (χ3v) is 1.69. The second-order valence-electron chi connectivity index (χ2n) is 2.61. The number of methoxy groups -OCH3 is 1. The molecule has 0 saturated carbocycles. The molecule has 0 heterocycles. The normalized spacial score (nSPS) is 12.4. The fraction of sp³-hybridized carbons (Fsp3) is 0.222. The van der Waals surface area contributed by atoms with E-state index >= 15 is 0 Å². The Morgan fingerprint density at radius 3 is 2.38 bits per heavy atom. The molecule has 0 saturated heterocycles. The Balaban J connectivity index is 2.92. The van der Waals surface area contributed by atoms with Gasteiger partial charge in [-0.2, -0.15) is 0 Å². The number of hydrogen-bond acceptors (Lipinski definition) is 3. The minimum atomic E-state index is -0.749. The van der Waals surface area contributed by atoms with Crippen LogP contribution in [0.25, 0.3) is 0 Å². The monoisotopic (exact) mass is 181 g/mol. The van der Waals surface area contributed by atoms with E-state index in [1.165, 1.54) is 19.2 Å². The third-order valence-electron chi connectivity index (χ3n) is 1.69. The molecule has 1 unspecified atom stereocenters. The highest BCUT2D eigenvalue weighted by Gasteiger charge is 2.15. The molecule has 0 aliphatic rings. The fourth-order valence-electron chi connectivity index (χ4n) is 1.07. The van der Waals surface area contributed by atoms with Crippen molar-refractivity contribution >= 4 is 5.91 Å². The predicted octanol–water partition coefficient (Wildman–Crippen LogP) is 0.565. The van der Waals surface area contributed by atoms with Gasteiger partial charge in [-0.25, -0.2) is 0 Å². The lowest BCUT2D eigenvalue weighted by Gasteiger charge is -2.11. The van der Waals surface area contributed by atoms with Crippen molar-refractivity contribution in [3.05, 3.63) is 29.8 Å². The van der Waals surface area contributed by atoms with Crippen LogP contribution < -0.4 is 5.73 Å². The molecule has 4 nitrogen and oxygen atoms in total. The number of primary amides is 1. The van der Waals surface area contributed by atoms with Crippen LogP contribution in [0.4, 0.5) is 0 Å². The van der Waals surface area contributed by atoms with Gasteiger partial charge in [0.05, 0.1) is 0 Å². The molecule has 1 rings (SSSR count). The molecule has 0 radical (unpaired) electrons. The Hall–Kier alpha value is -1.55. The summed E-state index contributed by atoms with van der Waals surface area (Å²) >= 11 is 0. The lowest BCUT2D eigenvalue weighted by molar-refractivity contribution is -0.128. The standard InChI is InChI=1S/C9H11NO3/c1-13-8(9(10)12)6-2-4-7(11)5-3-6/h2-5,8,11H,1H3,(H2,10,12). The minimum absolute atomic E-state index is 0.142. The van der Waals surface area contributed by atoms with E-state index in [0.29, 0.717) is 5.56 Å². The maximum Gasteiger partial charge on any atom is 0.251 e. The first-order valence-corrected chi connectivity index (χ1v) is 3.76. The van der Waals surface area contributed by atoms with Crippen molar-refractivity contribution in [2.75, 3.05) is 7.11 Å². The van der Waals surface area contributed by atoms with Crippen molar-refractivity contribution in [2.45, 2.75) is 6.10 Å². The molecule has 3 N–H and O–H groups in total. The summed E-state index contributed by atoms with van der Waals surface area (Å²) in [4.78, 5) is 10.9. The molecule has 0 spiro atoms. The molecule has 1 aromatic rings. The number of nitrogens with two attached hydrogens (primary N) is 1. The van der Waals surface area contributed by atoms with Crippen molar-refractivity contribution in [1.82, 2.24) is 0 Å². The van der Waals surface area contributed by atoms with E-state index in [1.54, 1.807) is 12.1 Å². The smallest absolute Gasteiger partial charge is 0.251 e. The molecule has 0 aliphatic carbocycles. The number of hydrogen-bond donors (Lipinski definition) is 2. The van der Waals surface area contributed by atoms with Gasteiger partial charge < -0.3 is 15.6 Å². The van der Waals surface area contributed by atoms with Crippen LogP contribution in [0.3, 0.4) is 0 Å². The number of phenols is 1. The van der Waals surface area contributed by atoms with E-state index in [1.807, 2.05) is 0 Å². The molecular weight excluding hydrogens is 170 g/mol. The molecule has 1 atom stereocenters. The maximum absolute atomic E-state index is 10.9. The molecule has 1 aromatic carbocycles. The van der Waals surface area contributed by atoms with Crippen molar-refractivity contribution in [3.8, 4) is 5.75 Å². The van der Waals surface area contributed by atoms with Crippen LogP contribution in [0, 0.1) is 0 Å². The molecule has 0 aromatic heterocycles. The fourth-order valence-corrected chi connectivity index (χ4v) is 1.07. The van der Waals surface area contributed by atoms with E-state index in [-0.39, 0.29) is 5.75 Å². The van der Waals surface area contributed by atoms with E-state index < -0.39 is 12.0 Å². The lowest BCUT2D eigenvalue weighted by atomic mass is 10.1. The van der Waals surface area contributed by atoms with Crippen LogP contribution in [0.2, 0.25) is 0 Å². The highest BCUT2D eigenvalue weighted by molar-refractivity contribution is 5.80. The van der Waals surface area contributed by atoms with E-state index in [9.17, 15) is 4.79 Å². The zero-order valence-electron chi connectivity index (χ0n) is 7.23. The van der Waals surface area contributed by atoms with Gasteiger partial charge in [0.15, 0.2) is 6.10 Å². The van der Waals surface area contributed by atoms with Crippen LogP contribution in [-0.2, 0) is 9.53 Å². The summed E-state index contributed by atoms with van der Waals surface area (Å²) in [7, 11) is 1.41. The van der Waals surface area contributed by atoms with E-state index in [4.69, 9.17) is 15.6 Å². The SMILES string of the molecule is COC(C(N)=O)c1ccc(O)cc1. The number of carbonyl (C=O) groups is 1. The average molecular weight is 181 g/mol. The Labute approximate surface area is 75.9 Å². The first kappa shape index (κ1) is 9.54. The van der Waals surface area contributed by atoms with Gasteiger partial charge in [0, 0.05) is 7.11 Å². The molecule has 0 bridgehead atoms. The Morgan fingerprint density at radius 1 is 1.46 bits per heavy atom. The van der Waals surface area contributed by atoms with Crippen LogP contribution in [0.1, 0.15) is 11.7 Å². The summed E-state index contributed by atoms with van der Waals surface area (Å²) in [5.41, 5.74) is 5.72. The molecule has 70 valence electrons. The first-order chi connectivity index (χ1) is 6.15. The predicted molar refractivity (Wildman–Crippen MR) is 47.1 cm³/mol. The second-order valence-corrected chi connectivity index (χ2v) is 2.61. The van der Waals surface area contributed by atoms with Gasteiger partial charge in [0.1, 0.15) is 5.75 Å². The highest BCUT2D eigenvalue weighted by Crippen LogP contribution is 2.18. The number of aromatic hydroxyl groups is 1. The Kier molecular flexibility index (Phi) is 2.87. The summed E-state index contributed by atoms with van der Waals surface area (Å²) in [6, 6.07) is 6.14. The molecule has 0 fully saturated rings. The summed E-state index contributed by atoms with van der Waals surface area (Å²) in [6.07, 6.45) is -0.749. The number of benzene rings is 1. The number of rotatable bonds is 3. The molecule has 0 aliphatic heterocycles. The number of phenolic OH excluding ortho intramolecular Hbond substituents is 1. The largest absolute Gasteiger partial charge is 0.508 e. The second kappa shape index (κ2) is 3.91. The minimum Gasteiger partial charge on any atom is -0.508 e. The van der Waals surface area contributed by atoms with E-state index in [2.05, 4.69) is 0 Å². The van der Waals surface area contributed by atoms with Crippen molar-refractivity contribution in [2.24, 2.45) is 5.73 Å². The molecule has 13 heavy (non-hydrogen) atoms. The molecule has 1 amide bonds. The molecule has 4 heteroatoms. The summed E-state index contributed by atoms with van der Waals surface area (Å²) in [6.45, 7) is 0. The highest BCUT2D eigenvalue weighted by atomic mass is 16.5. The number of ether oxygens (including phenoxy) is 1. The van der Waals surface area contributed by atoms with Gasteiger partial charge in [0.2, 0.25) is 0 Å². The van der Waals surface area contributed by atoms with Gasteiger partial charge >= 0.3 is 0 Å². The van der Waals surface area contributed by atoms with Gasteiger partial charge in [0.25, 0.3) is 5.91 Å². The Bertz CT molecular complexity index is 294. The number of carbonyl (C=O) groups excluding carboxylic acids is 1. The van der Waals surface area contributed by atoms with Crippen LogP contribution in [0.15, 0.2) is 24.3 Å². The lowest BCUT2D eigenvalue weighted by Crippen LogP contribution is -2.22. The van der Waals surface area contributed by atoms with Crippen LogP contribution >= 0.6 is 0 Å². The van der Waals surface area contributed by atoms with Crippen molar-refractivity contribution in [1.29, 1.82) is 0 Å². The van der Waals surface area contributed by atoms with Gasteiger partial charge in [-0.3, -0.25) is 4.79 Å². The van der Waals surface area contributed by atoms with Crippen LogP contribution in [0.5, 0.6) is 5.75 Å². The van der Waals surface area contributed by atoms with Crippen LogP contribution in [-0.4, -0.2) is 18.1 Å². The topological polar surface area (TPSA) is 72.5 Å². The third kappa shape index (κ3) is 2.19. The number of amides is 1. The first-order valence-electron chi connectivity index (χ1n) is 3.76. The average Bonchev–Trinajstić information content (AvgIpc) is 2.09. The summed E-state index contributed by atoms with van der Waals surface area (Å²) < 4.78 is 4.88.